The van der Waals surface area contributed by atoms with Crippen molar-refractivity contribution in [3.8, 4) is 0 Å². The molecule has 0 saturated heterocycles. The van der Waals surface area contributed by atoms with Crippen molar-refractivity contribution in [2.45, 2.75) is 18.4 Å². The second-order valence-corrected chi connectivity index (χ2v) is 5.83. The van der Waals surface area contributed by atoms with Crippen LogP contribution in [0, 0.1) is 0 Å². The summed E-state index contributed by atoms with van der Waals surface area (Å²) >= 11 is 0. The van der Waals surface area contributed by atoms with Crippen LogP contribution in [-0.4, -0.2) is 29.7 Å². The Morgan fingerprint density at radius 1 is 1.30 bits per heavy atom. The van der Waals surface area contributed by atoms with Crippen molar-refractivity contribution in [3.63, 3.8) is 0 Å². The van der Waals surface area contributed by atoms with Crippen LogP contribution < -0.4 is 10.0 Å². The summed E-state index contributed by atoms with van der Waals surface area (Å²) in [6.45, 7) is 2.69. The number of pyridine rings is 1. The monoisotopic (exact) mass is 295 g/mol. The van der Waals surface area contributed by atoms with Gasteiger partial charge in [0.15, 0.2) is 5.03 Å². The topological polar surface area (TPSA) is 88.9 Å². The first-order valence-corrected chi connectivity index (χ1v) is 7.72. The van der Waals surface area contributed by atoms with Crippen LogP contribution in [0.4, 0.5) is 11.5 Å². The first-order chi connectivity index (χ1) is 9.54. The Balaban J connectivity index is 2.32. The van der Waals surface area contributed by atoms with Gasteiger partial charge in [-0.25, -0.2) is 4.98 Å². The van der Waals surface area contributed by atoms with E-state index in [1.807, 2.05) is 6.92 Å². The highest BCUT2D eigenvalue weighted by Crippen LogP contribution is 2.20. The molecule has 2 aromatic rings. The van der Waals surface area contributed by atoms with Crippen molar-refractivity contribution in [1.29, 1.82) is 0 Å². The van der Waals surface area contributed by atoms with Gasteiger partial charge in [0, 0.05) is 25.9 Å². The van der Waals surface area contributed by atoms with E-state index in [0.29, 0.717) is 18.1 Å². The Morgan fingerprint density at radius 3 is 2.75 bits per heavy atom. The Morgan fingerprint density at radius 2 is 2.10 bits per heavy atom. The summed E-state index contributed by atoms with van der Waals surface area (Å²) in [5.41, 5.74) is 0.490. The summed E-state index contributed by atoms with van der Waals surface area (Å²) in [6.07, 6.45) is 3.87. The molecule has 0 aromatic carbocycles. The van der Waals surface area contributed by atoms with E-state index in [4.69, 9.17) is 0 Å². The minimum atomic E-state index is -3.75. The second kappa shape index (κ2) is 5.91. The van der Waals surface area contributed by atoms with Gasteiger partial charge in [0.1, 0.15) is 5.82 Å². The fraction of sp³-hybridized carbons (Fsp3) is 0.333. The lowest BCUT2D eigenvalue weighted by atomic mass is 10.4. The van der Waals surface area contributed by atoms with Gasteiger partial charge in [-0.05, 0) is 18.6 Å². The molecule has 0 aliphatic heterocycles. The van der Waals surface area contributed by atoms with E-state index in [-0.39, 0.29) is 5.03 Å². The lowest BCUT2D eigenvalue weighted by Gasteiger charge is -2.12. The quantitative estimate of drug-likeness (QED) is 0.841. The Kier molecular flexibility index (Phi) is 4.23. The molecule has 0 aliphatic carbocycles. The number of hydrogen-bond donors (Lipinski definition) is 2. The van der Waals surface area contributed by atoms with Crippen LogP contribution in [0.5, 0.6) is 0 Å². The van der Waals surface area contributed by atoms with Crippen molar-refractivity contribution in [2.75, 3.05) is 16.6 Å². The molecule has 0 unspecified atom stereocenters. The number of nitrogens with zero attached hydrogens (tertiary/aromatic N) is 3. The maximum Gasteiger partial charge on any atom is 0.282 e. The van der Waals surface area contributed by atoms with Crippen LogP contribution in [0.25, 0.3) is 0 Å². The van der Waals surface area contributed by atoms with Gasteiger partial charge in [0.25, 0.3) is 10.0 Å². The average Bonchev–Trinajstić information content (AvgIpc) is 2.81. The molecular formula is C12H17N5O2S. The lowest BCUT2D eigenvalue weighted by molar-refractivity contribution is 0.597. The first-order valence-electron chi connectivity index (χ1n) is 6.24. The maximum absolute atomic E-state index is 12.4. The number of hydrogen-bond acceptors (Lipinski definition) is 5. The fourth-order valence-corrected chi connectivity index (χ4v) is 2.86. The summed E-state index contributed by atoms with van der Waals surface area (Å²) in [5.74, 6) is 0.386. The standard InChI is InChI=1S/C12H17N5O2S/c1-3-7-13-10-5-4-8-14-12(10)20(18,19)16-11-6-9-15-17(11)2/h4-6,8-9,13,16H,3,7H2,1-2H3. The molecule has 7 nitrogen and oxygen atoms in total. The minimum absolute atomic E-state index is 0.0188. The van der Waals surface area contributed by atoms with Gasteiger partial charge in [-0.15, -0.1) is 0 Å². The Bertz CT molecular complexity index is 681. The number of anilines is 2. The minimum Gasteiger partial charge on any atom is -0.383 e. The Labute approximate surface area is 118 Å². The van der Waals surface area contributed by atoms with Crippen molar-refractivity contribution in [2.24, 2.45) is 7.05 Å². The van der Waals surface area contributed by atoms with E-state index < -0.39 is 10.0 Å². The number of aryl methyl sites for hydroxylation is 1. The predicted octanol–water partition coefficient (Wildman–Crippen LogP) is 1.44. The van der Waals surface area contributed by atoms with Crippen molar-refractivity contribution in [1.82, 2.24) is 14.8 Å². The van der Waals surface area contributed by atoms with Crippen molar-refractivity contribution in [3.05, 3.63) is 30.6 Å². The predicted molar refractivity (Wildman–Crippen MR) is 77.0 cm³/mol. The molecule has 0 amide bonds. The van der Waals surface area contributed by atoms with E-state index in [9.17, 15) is 8.42 Å². The molecule has 20 heavy (non-hydrogen) atoms. The van der Waals surface area contributed by atoms with Gasteiger partial charge in [-0.2, -0.15) is 13.5 Å². The van der Waals surface area contributed by atoms with E-state index in [1.165, 1.54) is 17.1 Å². The third-order valence-electron chi connectivity index (χ3n) is 2.65. The molecule has 0 saturated carbocycles. The molecule has 0 fully saturated rings. The number of nitrogens with one attached hydrogen (secondary N) is 2. The zero-order valence-corrected chi connectivity index (χ0v) is 12.2. The molecule has 0 atom stereocenters. The smallest absolute Gasteiger partial charge is 0.282 e. The zero-order chi connectivity index (χ0) is 14.6. The molecule has 2 N–H and O–H groups in total. The fourth-order valence-electron chi connectivity index (χ4n) is 1.66. The summed E-state index contributed by atoms with van der Waals surface area (Å²) in [5, 5.41) is 6.96. The van der Waals surface area contributed by atoms with Crippen LogP contribution in [-0.2, 0) is 17.1 Å². The van der Waals surface area contributed by atoms with E-state index in [0.717, 1.165) is 6.42 Å². The summed E-state index contributed by atoms with van der Waals surface area (Å²) < 4.78 is 28.7. The van der Waals surface area contributed by atoms with Crippen LogP contribution >= 0.6 is 0 Å². The third-order valence-corrected chi connectivity index (χ3v) is 3.96. The first kappa shape index (κ1) is 14.3. The molecule has 8 heteroatoms. The van der Waals surface area contributed by atoms with Crippen LogP contribution in [0.3, 0.4) is 0 Å². The zero-order valence-electron chi connectivity index (χ0n) is 11.4. The highest BCUT2D eigenvalue weighted by atomic mass is 32.2. The molecule has 0 bridgehead atoms. The summed E-state index contributed by atoms with van der Waals surface area (Å²) in [7, 11) is -2.09. The largest absolute Gasteiger partial charge is 0.383 e. The summed E-state index contributed by atoms with van der Waals surface area (Å²) in [6, 6.07) is 4.97. The number of rotatable bonds is 6. The van der Waals surface area contributed by atoms with Gasteiger partial charge < -0.3 is 5.32 Å². The van der Waals surface area contributed by atoms with Crippen molar-refractivity contribution < 1.29 is 8.42 Å². The molecular weight excluding hydrogens is 278 g/mol. The van der Waals surface area contributed by atoms with E-state index >= 15 is 0 Å². The van der Waals surface area contributed by atoms with Crippen LogP contribution in [0.2, 0.25) is 0 Å². The third kappa shape index (κ3) is 3.08. The number of sulfonamides is 1. The van der Waals surface area contributed by atoms with Gasteiger partial charge in [0.05, 0.1) is 11.9 Å². The van der Waals surface area contributed by atoms with Gasteiger partial charge in [-0.3, -0.25) is 9.40 Å². The molecule has 0 spiro atoms. The molecule has 0 aliphatic rings. The normalized spacial score (nSPS) is 11.3. The SMILES string of the molecule is CCCNc1cccnc1S(=O)(=O)Nc1ccnn1C. The second-order valence-electron chi connectivity index (χ2n) is 4.23. The van der Waals surface area contributed by atoms with Crippen molar-refractivity contribution >= 4 is 21.5 Å². The summed E-state index contributed by atoms with van der Waals surface area (Å²) in [4.78, 5) is 3.97. The van der Waals surface area contributed by atoms with Gasteiger partial charge in [0.2, 0.25) is 0 Å². The molecule has 108 valence electrons. The molecule has 2 heterocycles. The average molecular weight is 295 g/mol. The Hall–Kier alpha value is -2.09. The molecule has 0 radical (unpaired) electrons. The number of aromatic nitrogens is 3. The van der Waals surface area contributed by atoms with Gasteiger partial charge >= 0.3 is 0 Å². The van der Waals surface area contributed by atoms with E-state index in [1.54, 1.807) is 25.2 Å². The molecule has 2 aromatic heterocycles. The lowest BCUT2D eigenvalue weighted by Crippen LogP contribution is -2.18. The highest BCUT2D eigenvalue weighted by molar-refractivity contribution is 7.92. The van der Waals surface area contributed by atoms with Crippen LogP contribution in [0.1, 0.15) is 13.3 Å². The highest BCUT2D eigenvalue weighted by Gasteiger charge is 2.21. The van der Waals surface area contributed by atoms with E-state index in [2.05, 4.69) is 20.1 Å². The molecule has 2 rings (SSSR count). The van der Waals surface area contributed by atoms with Gasteiger partial charge in [-0.1, -0.05) is 6.92 Å². The van der Waals surface area contributed by atoms with Crippen LogP contribution in [0.15, 0.2) is 35.6 Å². The maximum atomic E-state index is 12.4.